The van der Waals surface area contributed by atoms with Crippen molar-refractivity contribution in [2.75, 3.05) is 37.6 Å². The van der Waals surface area contributed by atoms with Crippen molar-refractivity contribution in [2.24, 2.45) is 0 Å². The normalized spacial score (nSPS) is 13.4. The molecule has 0 unspecified atom stereocenters. The minimum absolute atomic E-state index is 0.328. The van der Waals surface area contributed by atoms with E-state index in [-0.39, 0.29) is 0 Å². The van der Waals surface area contributed by atoms with Gasteiger partial charge in [-0.3, -0.25) is 4.90 Å². The average Bonchev–Trinajstić information content (AvgIpc) is 3.37. The Kier molecular flexibility index (Phi) is 8.75. The Labute approximate surface area is 218 Å². The predicted octanol–water partition coefficient (Wildman–Crippen LogP) is 5.88. The van der Waals surface area contributed by atoms with Gasteiger partial charge in [-0.2, -0.15) is 10.5 Å². The van der Waals surface area contributed by atoms with Gasteiger partial charge in [-0.05, 0) is 79.5 Å². The van der Waals surface area contributed by atoms with Crippen LogP contribution in [0.4, 0.5) is 5.69 Å². The molecule has 0 atom stereocenters. The van der Waals surface area contributed by atoms with Crippen LogP contribution in [0.15, 0.2) is 67.0 Å². The molecule has 3 heterocycles. The topological polar surface area (TPSA) is 92.0 Å². The molecule has 37 heavy (non-hydrogen) atoms. The Morgan fingerprint density at radius 2 is 1.76 bits per heavy atom. The minimum atomic E-state index is 0.328. The van der Waals surface area contributed by atoms with Crippen LogP contribution in [0.25, 0.3) is 10.9 Å². The van der Waals surface area contributed by atoms with Crippen molar-refractivity contribution in [3.63, 3.8) is 0 Å². The number of aromatic amines is 1. The number of anilines is 1. The van der Waals surface area contributed by atoms with Gasteiger partial charge in [0.15, 0.2) is 0 Å². The van der Waals surface area contributed by atoms with E-state index in [9.17, 15) is 10.5 Å². The lowest BCUT2D eigenvalue weighted by atomic mass is 10.1. The van der Waals surface area contributed by atoms with Gasteiger partial charge in [-0.25, -0.2) is 4.98 Å². The van der Waals surface area contributed by atoms with Crippen molar-refractivity contribution in [2.45, 2.75) is 26.7 Å². The summed E-state index contributed by atoms with van der Waals surface area (Å²) in [7, 11) is 0. The molecule has 2 aromatic heterocycles. The monoisotopic (exact) mass is 492 g/mol. The van der Waals surface area contributed by atoms with Crippen LogP contribution < -0.4 is 9.64 Å². The minimum Gasteiger partial charge on any atom is -0.438 e. The molecule has 1 aliphatic rings. The third-order valence-electron chi connectivity index (χ3n) is 6.50. The first-order valence-electron chi connectivity index (χ1n) is 12.8. The summed E-state index contributed by atoms with van der Waals surface area (Å²) in [5.74, 6) is 0.997. The van der Waals surface area contributed by atoms with Gasteiger partial charge in [-0.1, -0.05) is 13.8 Å². The fraction of sp³-hybridized carbons (Fsp3) is 0.300. The van der Waals surface area contributed by atoms with Gasteiger partial charge in [0.05, 0.1) is 11.6 Å². The number of hydrogen-bond donors (Lipinski definition) is 1. The highest BCUT2D eigenvalue weighted by molar-refractivity contribution is 5.84. The molecule has 0 amide bonds. The number of nitriles is 2. The molecule has 1 N–H and O–H groups in total. The maximum absolute atomic E-state index is 9.20. The molecule has 0 saturated carbocycles. The lowest BCUT2D eigenvalue weighted by Crippen LogP contribution is -2.46. The average molecular weight is 493 g/mol. The van der Waals surface area contributed by atoms with E-state index in [4.69, 9.17) is 4.74 Å². The van der Waals surface area contributed by atoms with Crippen LogP contribution >= 0.6 is 0 Å². The number of ether oxygens (including phenoxy) is 1. The summed E-state index contributed by atoms with van der Waals surface area (Å²) in [6.45, 7) is 9.10. The number of piperazine rings is 1. The number of nitrogens with one attached hydrogen (secondary N) is 1. The molecule has 1 saturated heterocycles. The van der Waals surface area contributed by atoms with E-state index in [0.717, 1.165) is 56.5 Å². The second-order valence-electron chi connectivity index (χ2n) is 8.68. The predicted molar refractivity (Wildman–Crippen MR) is 147 cm³/mol. The van der Waals surface area contributed by atoms with Crippen molar-refractivity contribution in [1.29, 1.82) is 10.5 Å². The van der Waals surface area contributed by atoms with Crippen LogP contribution in [0.5, 0.6) is 11.6 Å². The summed E-state index contributed by atoms with van der Waals surface area (Å²) in [5, 5.41) is 19.5. The van der Waals surface area contributed by atoms with Crippen LogP contribution in [-0.4, -0.2) is 47.6 Å². The number of aromatic nitrogens is 2. The molecule has 2 aromatic carbocycles. The summed E-state index contributed by atoms with van der Waals surface area (Å²) in [5.41, 5.74) is 4.67. The third kappa shape index (κ3) is 6.27. The van der Waals surface area contributed by atoms with Crippen LogP contribution in [0.3, 0.4) is 0 Å². The van der Waals surface area contributed by atoms with Gasteiger partial charge >= 0.3 is 0 Å². The number of fused-ring (bicyclic) bond motifs is 1. The fourth-order valence-electron chi connectivity index (χ4n) is 4.57. The summed E-state index contributed by atoms with van der Waals surface area (Å²) in [4.78, 5) is 12.4. The maximum Gasteiger partial charge on any atom is 0.237 e. The molecule has 5 rings (SSSR count). The van der Waals surface area contributed by atoms with Crippen molar-refractivity contribution in [1.82, 2.24) is 14.9 Å². The number of aryl methyl sites for hydroxylation is 1. The van der Waals surface area contributed by atoms with E-state index >= 15 is 0 Å². The highest BCUT2D eigenvalue weighted by Crippen LogP contribution is 2.26. The lowest BCUT2D eigenvalue weighted by Gasteiger charge is -2.36. The first-order chi connectivity index (χ1) is 18.2. The molecule has 4 aromatic rings. The summed E-state index contributed by atoms with van der Waals surface area (Å²) < 4.78 is 5.80. The Morgan fingerprint density at radius 3 is 2.49 bits per heavy atom. The Hall–Kier alpha value is -4.33. The Balaban J connectivity index is 0.00000156. The number of nitrogens with zero attached hydrogens (tertiary/aromatic N) is 5. The molecule has 0 spiro atoms. The first kappa shape index (κ1) is 25.8. The number of hydrogen-bond acceptors (Lipinski definition) is 6. The molecule has 1 aliphatic heterocycles. The molecular weight excluding hydrogens is 460 g/mol. The van der Waals surface area contributed by atoms with E-state index in [1.165, 1.54) is 11.3 Å². The summed E-state index contributed by atoms with van der Waals surface area (Å²) in [6, 6.07) is 21.6. The number of H-pyrrole nitrogens is 1. The van der Waals surface area contributed by atoms with Crippen molar-refractivity contribution in [3.05, 3.63) is 83.7 Å². The molecule has 1 fully saturated rings. The van der Waals surface area contributed by atoms with E-state index in [2.05, 4.69) is 50.2 Å². The molecular formula is C30H32N6O. The quantitative estimate of drug-likeness (QED) is 0.346. The molecule has 188 valence electrons. The SMILES string of the molecule is CC.N#Cc1ccc2[nH]cc(CCCN3CCN(c4ccc(Oc5ncccc5C#N)cc4)CC3)c2c1. The van der Waals surface area contributed by atoms with Crippen LogP contribution in [-0.2, 0) is 6.42 Å². The lowest BCUT2D eigenvalue weighted by molar-refractivity contribution is 0.255. The molecule has 7 nitrogen and oxygen atoms in total. The molecule has 0 aliphatic carbocycles. The zero-order chi connectivity index (χ0) is 26.0. The standard InChI is InChI=1S/C28H26N6O.C2H6/c29-18-21-5-10-27-26(17-21)23(20-32-27)4-2-12-33-13-15-34(16-14-33)24-6-8-25(9-7-24)35-28-22(19-30)3-1-11-31-28;1-2/h1,3,5-11,17,20,32H,2,4,12-16H2;1-2H3. The maximum atomic E-state index is 9.20. The summed E-state index contributed by atoms with van der Waals surface area (Å²) in [6.07, 6.45) is 5.79. The van der Waals surface area contributed by atoms with Gasteiger partial charge in [0.2, 0.25) is 5.88 Å². The number of pyridine rings is 1. The smallest absolute Gasteiger partial charge is 0.237 e. The number of benzene rings is 2. The highest BCUT2D eigenvalue weighted by Gasteiger charge is 2.17. The van der Waals surface area contributed by atoms with Crippen molar-refractivity contribution in [3.8, 4) is 23.8 Å². The van der Waals surface area contributed by atoms with Gasteiger partial charge in [0.1, 0.15) is 17.4 Å². The van der Waals surface area contributed by atoms with Crippen LogP contribution in [0.2, 0.25) is 0 Å². The van der Waals surface area contributed by atoms with Gasteiger partial charge in [0, 0.05) is 55.2 Å². The number of rotatable bonds is 7. The van der Waals surface area contributed by atoms with E-state index < -0.39 is 0 Å². The first-order valence-corrected chi connectivity index (χ1v) is 12.8. The zero-order valence-electron chi connectivity index (χ0n) is 21.4. The van der Waals surface area contributed by atoms with Gasteiger partial charge in [0.25, 0.3) is 0 Å². The Bertz CT molecular complexity index is 1390. The zero-order valence-corrected chi connectivity index (χ0v) is 21.4. The second-order valence-corrected chi connectivity index (χ2v) is 8.68. The van der Waals surface area contributed by atoms with E-state index in [0.29, 0.717) is 22.8 Å². The van der Waals surface area contributed by atoms with Crippen molar-refractivity contribution >= 4 is 16.6 Å². The van der Waals surface area contributed by atoms with Crippen LogP contribution in [0.1, 0.15) is 37.0 Å². The van der Waals surface area contributed by atoms with Gasteiger partial charge < -0.3 is 14.6 Å². The van der Waals surface area contributed by atoms with E-state index in [1.54, 1.807) is 18.3 Å². The second kappa shape index (κ2) is 12.6. The highest BCUT2D eigenvalue weighted by atomic mass is 16.5. The largest absolute Gasteiger partial charge is 0.438 e. The molecule has 7 heteroatoms. The Morgan fingerprint density at radius 1 is 0.973 bits per heavy atom. The molecule has 0 bridgehead atoms. The van der Waals surface area contributed by atoms with Gasteiger partial charge in [-0.15, -0.1) is 0 Å². The van der Waals surface area contributed by atoms with Crippen molar-refractivity contribution < 1.29 is 4.74 Å². The van der Waals surface area contributed by atoms with Crippen LogP contribution in [0, 0.1) is 22.7 Å². The fourth-order valence-corrected chi connectivity index (χ4v) is 4.57. The molecule has 0 radical (unpaired) electrons. The van der Waals surface area contributed by atoms with E-state index in [1.807, 2.05) is 44.2 Å². The summed E-state index contributed by atoms with van der Waals surface area (Å²) >= 11 is 0. The third-order valence-corrected chi connectivity index (χ3v) is 6.50.